The van der Waals surface area contributed by atoms with Crippen LogP contribution in [0.2, 0.25) is 0 Å². The summed E-state index contributed by atoms with van der Waals surface area (Å²) < 4.78 is 9.73. The number of nitrogens with one attached hydrogen (secondary N) is 1. The van der Waals surface area contributed by atoms with Gasteiger partial charge in [0.15, 0.2) is 5.82 Å². The predicted octanol–water partition coefficient (Wildman–Crippen LogP) is 1.12. The molecule has 0 fully saturated rings. The fourth-order valence-electron chi connectivity index (χ4n) is 1.21. The molecule has 1 aromatic heterocycles. The molecule has 20 heavy (non-hydrogen) atoms. The summed E-state index contributed by atoms with van der Waals surface area (Å²) in [6.07, 6.45) is 1.92. The number of aromatic nitrogens is 2. The van der Waals surface area contributed by atoms with Crippen LogP contribution in [0.3, 0.4) is 0 Å². The topological polar surface area (TPSA) is 93.6 Å². The van der Waals surface area contributed by atoms with Crippen LogP contribution < -0.4 is 5.32 Å². The van der Waals surface area contributed by atoms with Gasteiger partial charge in [-0.05, 0) is 0 Å². The van der Waals surface area contributed by atoms with Crippen molar-refractivity contribution in [1.82, 2.24) is 9.97 Å². The average molecular weight is 283 g/mol. The molecule has 0 aromatic carbocycles. The van der Waals surface area contributed by atoms with Crippen molar-refractivity contribution in [3.05, 3.63) is 18.1 Å². The molecule has 1 rings (SSSR count). The van der Waals surface area contributed by atoms with Gasteiger partial charge in [-0.3, -0.25) is 9.78 Å². The lowest BCUT2D eigenvalue weighted by Gasteiger charge is -2.17. The van der Waals surface area contributed by atoms with Crippen LogP contribution in [0.1, 0.15) is 32.6 Å². The molecule has 0 spiro atoms. The highest BCUT2D eigenvalue weighted by Gasteiger charge is 2.21. The zero-order valence-electron chi connectivity index (χ0n) is 12.2. The summed E-state index contributed by atoms with van der Waals surface area (Å²) >= 11 is 0. The molecule has 1 amide bonds. The quantitative estimate of drug-likeness (QED) is 0.600. The third-order valence-electron chi connectivity index (χ3n) is 2.41. The third-order valence-corrected chi connectivity index (χ3v) is 2.41. The van der Waals surface area contributed by atoms with Crippen LogP contribution in [0.25, 0.3) is 0 Å². The first-order chi connectivity index (χ1) is 9.34. The van der Waals surface area contributed by atoms with Crippen LogP contribution in [0.5, 0.6) is 0 Å². The molecule has 0 aliphatic heterocycles. The molecule has 112 valence electrons. The molecule has 1 atom stereocenters. The maximum Gasteiger partial charge on any atom is 0.230 e. The zero-order chi connectivity index (χ0) is 15.2. The third kappa shape index (κ3) is 5.20. The minimum Gasteiger partial charge on any atom is -0.384 e. The van der Waals surface area contributed by atoms with Gasteiger partial charge in [-0.15, -0.1) is 0 Å². The van der Waals surface area contributed by atoms with Crippen molar-refractivity contribution in [1.29, 1.82) is 0 Å². The van der Waals surface area contributed by atoms with Crippen molar-refractivity contribution in [2.75, 3.05) is 25.8 Å². The second kappa shape index (κ2) is 7.28. The minimum atomic E-state index is -0.884. The van der Waals surface area contributed by atoms with Crippen molar-refractivity contribution in [2.24, 2.45) is 5.41 Å². The van der Waals surface area contributed by atoms with Crippen LogP contribution in [-0.4, -0.2) is 41.5 Å². The Bertz CT molecular complexity index is 428. The second-order valence-corrected chi connectivity index (χ2v) is 5.32. The van der Waals surface area contributed by atoms with E-state index in [1.165, 1.54) is 19.5 Å². The largest absolute Gasteiger partial charge is 0.384 e. The van der Waals surface area contributed by atoms with E-state index < -0.39 is 11.5 Å². The van der Waals surface area contributed by atoms with Crippen molar-refractivity contribution < 1.29 is 19.4 Å². The maximum absolute atomic E-state index is 11.8. The number of carbonyl (C=O) groups is 1. The molecule has 0 bridgehead atoms. The second-order valence-electron chi connectivity index (χ2n) is 5.32. The number of rotatable bonds is 6. The summed E-state index contributed by atoms with van der Waals surface area (Å²) in [5.74, 6) is 0.196. The summed E-state index contributed by atoms with van der Waals surface area (Å²) in [6, 6.07) is 0. The summed E-state index contributed by atoms with van der Waals surface area (Å²) in [7, 11) is 1.50. The van der Waals surface area contributed by atoms with Crippen LogP contribution in [0.4, 0.5) is 5.82 Å². The number of carbonyl (C=O) groups excluding carboxylic acids is 1. The first-order valence-electron chi connectivity index (χ1n) is 6.22. The first kappa shape index (κ1) is 16.5. The molecular weight excluding hydrogens is 262 g/mol. The number of hydrogen-bond acceptors (Lipinski definition) is 6. The van der Waals surface area contributed by atoms with Gasteiger partial charge in [0.2, 0.25) is 5.91 Å². The standard InChI is InChI=1S/C13H21N3O4/c1-13(2,3)12(18)16-11-6-14-9(5-15-11)10(17)7-20-8-19-4/h5-6,10,17H,7-8H2,1-4H3,(H,15,16,18). The zero-order valence-corrected chi connectivity index (χ0v) is 12.2. The molecule has 7 heteroatoms. The lowest BCUT2D eigenvalue weighted by Crippen LogP contribution is -2.28. The molecule has 7 nitrogen and oxygen atoms in total. The van der Waals surface area contributed by atoms with Crippen molar-refractivity contribution >= 4 is 11.7 Å². The number of ether oxygens (including phenoxy) is 2. The minimum absolute atomic E-state index is 0.0657. The van der Waals surface area contributed by atoms with Crippen LogP contribution in [0, 0.1) is 5.41 Å². The van der Waals surface area contributed by atoms with Gasteiger partial charge < -0.3 is 19.9 Å². The Morgan fingerprint density at radius 1 is 1.40 bits per heavy atom. The Kier molecular flexibility index (Phi) is 6.00. The summed E-state index contributed by atoms with van der Waals surface area (Å²) in [4.78, 5) is 19.8. The summed E-state index contributed by atoms with van der Waals surface area (Å²) in [5.41, 5.74) is -0.136. The number of aliphatic hydroxyl groups is 1. The van der Waals surface area contributed by atoms with Gasteiger partial charge in [-0.1, -0.05) is 20.8 Å². The number of methoxy groups -OCH3 is 1. The number of hydrogen-bond donors (Lipinski definition) is 2. The van der Waals surface area contributed by atoms with Crippen molar-refractivity contribution in [3.8, 4) is 0 Å². The van der Waals surface area contributed by atoms with Gasteiger partial charge in [-0.25, -0.2) is 4.98 Å². The molecule has 0 aliphatic rings. The fourth-order valence-corrected chi connectivity index (χ4v) is 1.21. The van der Waals surface area contributed by atoms with E-state index in [-0.39, 0.29) is 19.3 Å². The number of aliphatic hydroxyl groups excluding tert-OH is 1. The highest BCUT2D eigenvalue weighted by molar-refractivity contribution is 5.93. The first-order valence-corrected chi connectivity index (χ1v) is 6.22. The van der Waals surface area contributed by atoms with Crippen LogP contribution >= 0.6 is 0 Å². The highest BCUT2D eigenvalue weighted by atomic mass is 16.7. The van der Waals surface area contributed by atoms with Crippen molar-refractivity contribution in [2.45, 2.75) is 26.9 Å². The fraction of sp³-hybridized carbons (Fsp3) is 0.615. The predicted molar refractivity (Wildman–Crippen MR) is 72.9 cm³/mol. The van der Waals surface area contributed by atoms with Crippen LogP contribution in [0.15, 0.2) is 12.4 Å². The number of nitrogens with zero attached hydrogens (tertiary/aromatic N) is 2. The van der Waals surface area contributed by atoms with Crippen molar-refractivity contribution in [3.63, 3.8) is 0 Å². The van der Waals surface area contributed by atoms with Gasteiger partial charge in [0.1, 0.15) is 12.9 Å². The van der Waals surface area contributed by atoms with Crippen LogP contribution in [-0.2, 0) is 14.3 Å². The van der Waals surface area contributed by atoms with Gasteiger partial charge in [0, 0.05) is 12.5 Å². The molecule has 0 radical (unpaired) electrons. The number of anilines is 1. The van der Waals surface area contributed by atoms with Gasteiger partial charge in [0.05, 0.1) is 24.7 Å². The van der Waals surface area contributed by atoms with E-state index in [0.29, 0.717) is 11.5 Å². The molecule has 2 N–H and O–H groups in total. The molecule has 0 aliphatic carbocycles. The van der Waals surface area contributed by atoms with Gasteiger partial charge in [-0.2, -0.15) is 0 Å². The lowest BCUT2D eigenvalue weighted by molar-refractivity contribution is -0.123. The van der Waals surface area contributed by atoms with E-state index >= 15 is 0 Å². The Balaban J connectivity index is 2.58. The molecule has 0 saturated heterocycles. The summed E-state index contributed by atoms with van der Waals surface area (Å²) in [6.45, 7) is 5.59. The Labute approximate surface area is 118 Å². The van der Waals surface area contributed by atoms with Gasteiger partial charge in [0.25, 0.3) is 0 Å². The molecule has 1 aromatic rings. The summed E-state index contributed by atoms with van der Waals surface area (Å²) in [5, 5.41) is 12.4. The van der Waals surface area contributed by atoms with Gasteiger partial charge >= 0.3 is 0 Å². The monoisotopic (exact) mass is 283 g/mol. The van der Waals surface area contributed by atoms with E-state index in [1.807, 2.05) is 0 Å². The Hall–Kier alpha value is -1.57. The average Bonchev–Trinajstić information content (AvgIpc) is 2.38. The SMILES string of the molecule is COCOCC(O)c1cnc(NC(=O)C(C)(C)C)cn1. The maximum atomic E-state index is 11.8. The Morgan fingerprint density at radius 3 is 2.60 bits per heavy atom. The molecule has 1 unspecified atom stereocenters. The molecule has 1 heterocycles. The van der Waals surface area contributed by atoms with E-state index in [1.54, 1.807) is 20.8 Å². The van der Waals surface area contributed by atoms with E-state index in [2.05, 4.69) is 15.3 Å². The molecule has 0 saturated carbocycles. The van der Waals surface area contributed by atoms with E-state index in [0.717, 1.165) is 0 Å². The normalized spacial score (nSPS) is 13.1. The molecular formula is C13H21N3O4. The Morgan fingerprint density at radius 2 is 2.10 bits per heavy atom. The smallest absolute Gasteiger partial charge is 0.230 e. The highest BCUT2D eigenvalue weighted by Crippen LogP contribution is 2.16. The van der Waals surface area contributed by atoms with E-state index in [9.17, 15) is 9.90 Å². The number of amides is 1. The lowest BCUT2D eigenvalue weighted by atomic mass is 9.96. The van der Waals surface area contributed by atoms with E-state index in [4.69, 9.17) is 9.47 Å².